The molecule has 0 saturated carbocycles. The first-order valence-corrected chi connectivity index (χ1v) is 11.2. The first-order valence-electron chi connectivity index (χ1n) is 10.3. The Morgan fingerprint density at radius 3 is 2.93 bits per heavy atom. The molecule has 6 heteroatoms. The number of fused-ring (bicyclic) bond motifs is 1. The van der Waals surface area contributed by atoms with Gasteiger partial charge < -0.3 is 15.0 Å². The minimum absolute atomic E-state index is 0.0598. The first kappa shape index (κ1) is 19.3. The molecule has 5 nitrogen and oxygen atoms in total. The van der Waals surface area contributed by atoms with Crippen LogP contribution in [0.2, 0.25) is 0 Å². The number of benzene rings is 1. The molecule has 3 heterocycles. The molecule has 150 valence electrons. The Bertz CT molecular complexity index is 789. The van der Waals surface area contributed by atoms with E-state index in [9.17, 15) is 4.79 Å². The van der Waals surface area contributed by atoms with Gasteiger partial charge in [0.1, 0.15) is 5.75 Å². The van der Waals surface area contributed by atoms with E-state index in [1.807, 2.05) is 35.3 Å². The van der Waals surface area contributed by atoms with Crippen LogP contribution in [0.15, 0.2) is 35.7 Å². The fraction of sp³-hybridized carbons (Fsp3) is 0.500. The maximum atomic E-state index is 12.8. The molecule has 1 atom stereocenters. The molecule has 0 spiro atoms. The van der Waals surface area contributed by atoms with Gasteiger partial charge in [0.05, 0.1) is 12.6 Å². The van der Waals surface area contributed by atoms with Gasteiger partial charge in [-0.05, 0) is 60.9 Å². The molecule has 0 aliphatic carbocycles. The van der Waals surface area contributed by atoms with Crippen LogP contribution in [0.5, 0.6) is 5.75 Å². The van der Waals surface area contributed by atoms with Gasteiger partial charge in [-0.3, -0.25) is 4.90 Å². The molecule has 1 aromatic carbocycles. The molecule has 2 aliphatic heterocycles. The smallest absolute Gasteiger partial charge is 0.317 e. The Morgan fingerprint density at radius 2 is 2.11 bits per heavy atom. The summed E-state index contributed by atoms with van der Waals surface area (Å²) in [5.74, 6) is 0.885. The van der Waals surface area contributed by atoms with E-state index in [-0.39, 0.29) is 12.1 Å². The third-order valence-electron chi connectivity index (χ3n) is 5.68. The molecule has 0 radical (unpaired) electrons. The Labute approximate surface area is 171 Å². The van der Waals surface area contributed by atoms with Crippen molar-refractivity contribution in [2.75, 3.05) is 32.8 Å². The minimum atomic E-state index is 0.0598. The van der Waals surface area contributed by atoms with E-state index in [0.717, 1.165) is 51.2 Å². The van der Waals surface area contributed by atoms with Crippen molar-refractivity contribution in [3.8, 4) is 5.75 Å². The Balaban J connectivity index is 1.28. The zero-order valence-electron chi connectivity index (χ0n) is 16.5. The van der Waals surface area contributed by atoms with Crippen LogP contribution < -0.4 is 10.1 Å². The average molecular weight is 400 g/mol. The van der Waals surface area contributed by atoms with E-state index in [2.05, 4.69) is 33.8 Å². The van der Waals surface area contributed by atoms with Gasteiger partial charge in [-0.15, -0.1) is 11.3 Å². The van der Waals surface area contributed by atoms with Crippen LogP contribution in [0.1, 0.15) is 41.8 Å². The Morgan fingerprint density at radius 1 is 1.25 bits per heavy atom. The van der Waals surface area contributed by atoms with Crippen molar-refractivity contribution in [2.24, 2.45) is 0 Å². The number of carbonyl (C=O) groups is 1. The van der Waals surface area contributed by atoms with E-state index in [0.29, 0.717) is 13.2 Å². The number of urea groups is 1. The van der Waals surface area contributed by atoms with Gasteiger partial charge >= 0.3 is 6.03 Å². The summed E-state index contributed by atoms with van der Waals surface area (Å²) in [6, 6.07) is 10.6. The number of amides is 2. The second kappa shape index (κ2) is 8.97. The summed E-state index contributed by atoms with van der Waals surface area (Å²) in [6.45, 7) is 7.18. The summed E-state index contributed by atoms with van der Waals surface area (Å²) in [4.78, 5) is 18.7. The van der Waals surface area contributed by atoms with Crippen LogP contribution in [0.4, 0.5) is 4.79 Å². The predicted octanol–water partition coefficient (Wildman–Crippen LogP) is 4.05. The van der Waals surface area contributed by atoms with Crippen molar-refractivity contribution in [1.82, 2.24) is 15.1 Å². The molecule has 2 aromatic rings. The molecule has 0 bridgehead atoms. The summed E-state index contributed by atoms with van der Waals surface area (Å²) >= 11 is 1.86. The number of nitrogens with zero attached hydrogens (tertiary/aromatic N) is 2. The summed E-state index contributed by atoms with van der Waals surface area (Å²) < 4.78 is 5.53. The lowest BCUT2D eigenvalue weighted by Crippen LogP contribution is -2.43. The van der Waals surface area contributed by atoms with Gasteiger partial charge in [0, 0.05) is 37.6 Å². The molecule has 1 fully saturated rings. The van der Waals surface area contributed by atoms with Gasteiger partial charge in [-0.1, -0.05) is 12.1 Å². The predicted molar refractivity (Wildman–Crippen MR) is 113 cm³/mol. The number of hydrogen-bond donors (Lipinski definition) is 1. The van der Waals surface area contributed by atoms with Crippen LogP contribution in [-0.4, -0.2) is 48.6 Å². The van der Waals surface area contributed by atoms with Gasteiger partial charge in [-0.25, -0.2) is 4.79 Å². The lowest BCUT2D eigenvalue weighted by Gasteiger charge is -2.28. The zero-order chi connectivity index (χ0) is 19.3. The largest absolute Gasteiger partial charge is 0.494 e. The van der Waals surface area contributed by atoms with Crippen molar-refractivity contribution in [3.05, 3.63) is 51.7 Å². The second-order valence-electron chi connectivity index (χ2n) is 7.48. The number of hydrogen-bond acceptors (Lipinski definition) is 4. The molecule has 2 aliphatic rings. The molecule has 1 aromatic heterocycles. The number of nitrogens with one attached hydrogen (secondary N) is 1. The fourth-order valence-corrected chi connectivity index (χ4v) is 5.12. The van der Waals surface area contributed by atoms with Gasteiger partial charge in [0.15, 0.2) is 0 Å². The lowest BCUT2D eigenvalue weighted by atomic mass is 10.0. The summed E-state index contributed by atoms with van der Waals surface area (Å²) in [7, 11) is 0. The van der Waals surface area contributed by atoms with Crippen molar-refractivity contribution in [1.29, 1.82) is 0 Å². The highest BCUT2D eigenvalue weighted by Gasteiger charge is 2.30. The van der Waals surface area contributed by atoms with E-state index in [4.69, 9.17) is 4.74 Å². The summed E-state index contributed by atoms with van der Waals surface area (Å²) in [5, 5.41) is 5.33. The quantitative estimate of drug-likeness (QED) is 0.797. The third kappa shape index (κ3) is 4.33. The van der Waals surface area contributed by atoms with Crippen molar-refractivity contribution < 1.29 is 9.53 Å². The van der Waals surface area contributed by atoms with Crippen LogP contribution in [0.3, 0.4) is 0 Å². The van der Waals surface area contributed by atoms with Gasteiger partial charge in [-0.2, -0.15) is 0 Å². The molecule has 4 rings (SSSR count). The average Bonchev–Trinajstić information content (AvgIpc) is 3.38. The number of likely N-dealkylation sites (tertiary alicyclic amines) is 1. The highest BCUT2D eigenvalue weighted by Crippen LogP contribution is 2.32. The highest BCUT2D eigenvalue weighted by molar-refractivity contribution is 7.10. The van der Waals surface area contributed by atoms with Gasteiger partial charge in [0.2, 0.25) is 0 Å². The Kier molecular flexibility index (Phi) is 6.17. The van der Waals surface area contributed by atoms with E-state index in [1.54, 1.807) is 0 Å². The Hall–Kier alpha value is -2.05. The topological polar surface area (TPSA) is 44.8 Å². The standard InChI is InChI=1S/C22H29N3O2S/c1-2-27-19-7-5-17(6-8-19)20-4-3-12-25(20)22(26)23-11-14-24-13-9-21-18(16-24)10-15-28-21/h5-8,10,15,20H,2-4,9,11-14,16H2,1H3,(H,23,26). The number of carbonyl (C=O) groups excluding carboxylic acids is 1. The van der Waals surface area contributed by atoms with Crippen LogP contribution >= 0.6 is 11.3 Å². The number of ether oxygens (including phenoxy) is 1. The number of thiophene rings is 1. The van der Waals surface area contributed by atoms with Gasteiger partial charge in [0.25, 0.3) is 0 Å². The van der Waals surface area contributed by atoms with Crippen LogP contribution in [0.25, 0.3) is 0 Å². The molecule has 1 unspecified atom stereocenters. The SMILES string of the molecule is CCOc1ccc(C2CCCN2C(=O)NCCN2CCc3sccc3C2)cc1. The maximum Gasteiger partial charge on any atom is 0.317 e. The minimum Gasteiger partial charge on any atom is -0.494 e. The first-order chi connectivity index (χ1) is 13.7. The van der Waals surface area contributed by atoms with Crippen molar-refractivity contribution in [3.63, 3.8) is 0 Å². The van der Waals surface area contributed by atoms with E-state index in [1.165, 1.54) is 16.0 Å². The zero-order valence-corrected chi connectivity index (χ0v) is 17.3. The molecule has 28 heavy (non-hydrogen) atoms. The highest BCUT2D eigenvalue weighted by atomic mass is 32.1. The number of rotatable bonds is 6. The maximum absolute atomic E-state index is 12.8. The molecular weight excluding hydrogens is 370 g/mol. The summed E-state index contributed by atoms with van der Waals surface area (Å²) in [6.07, 6.45) is 3.21. The monoisotopic (exact) mass is 399 g/mol. The normalized spacial score (nSPS) is 19.5. The van der Waals surface area contributed by atoms with Crippen LogP contribution in [-0.2, 0) is 13.0 Å². The molecule has 1 N–H and O–H groups in total. The molecule has 1 saturated heterocycles. The van der Waals surface area contributed by atoms with E-state index >= 15 is 0 Å². The fourth-order valence-electron chi connectivity index (χ4n) is 4.23. The summed E-state index contributed by atoms with van der Waals surface area (Å²) in [5.41, 5.74) is 2.65. The van der Waals surface area contributed by atoms with E-state index < -0.39 is 0 Å². The van der Waals surface area contributed by atoms with Crippen molar-refractivity contribution >= 4 is 17.4 Å². The second-order valence-corrected chi connectivity index (χ2v) is 8.48. The molecule has 2 amide bonds. The van der Waals surface area contributed by atoms with Crippen molar-refractivity contribution in [2.45, 2.75) is 38.8 Å². The third-order valence-corrected chi connectivity index (χ3v) is 6.70. The van der Waals surface area contributed by atoms with Crippen LogP contribution in [0, 0.1) is 0 Å². The molecular formula is C22H29N3O2S. The lowest BCUT2D eigenvalue weighted by molar-refractivity contribution is 0.189.